The molecule has 0 unspecified atom stereocenters. The Bertz CT molecular complexity index is 524. The van der Waals surface area contributed by atoms with Crippen molar-refractivity contribution in [1.82, 2.24) is 0 Å². The van der Waals surface area contributed by atoms with Gasteiger partial charge >= 0.3 is 0 Å². The normalized spacial score (nSPS) is 11.0. The summed E-state index contributed by atoms with van der Waals surface area (Å²) in [5, 5.41) is 0. The van der Waals surface area contributed by atoms with Crippen LogP contribution < -0.4 is 0 Å². The lowest BCUT2D eigenvalue weighted by molar-refractivity contribution is 1.36. The van der Waals surface area contributed by atoms with Crippen molar-refractivity contribution in [2.24, 2.45) is 0 Å². The summed E-state index contributed by atoms with van der Waals surface area (Å²) in [6.45, 7) is 19.5. The minimum Gasteiger partial charge on any atom is -0.103 e. The smallest absolute Gasteiger partial charge is 0.0163 e. The molecule has 0 aromatic heterocycles. The van der Waals surface area contributed by atoms with E-state index in [0.29, 0.717) is 0 Å². The zero-order valence-corrected chi connectivity index (χ0v) is 13.3. The molecule has 0 fully saturated rings. The van der Waals surface area contributed by atoms with E-state index in [0.717, 1.165) is 28.7 Å². The van der Waals surface area contributed by atoms with E-state index >= 15 is 0 Å². The van der Waals surface area contributed by atoms with E-state index in [9.17, 15) is 0 Å². The number of allylic oxidation sites excluding steroid dienone is 8. The molecule has 0 heterocycles. The van der Waals surface area contributed by atoms with Gasteiger partial charge in [0.25, 0.3) is 0 Å². The van der Waals surface area contributed by atoms with Gasteiger partial charge in [-0.2, -0.15) is 0 Å². The van der Waals surface area contributed by atoms with E-state index in [4.69, 9.17) is 0 Å². The fraction of sp³-hybridized carbons (Fsp3) is 0.143. The quantitative estimate of drug-likeness (QED) is 0.393. The maximum Gasteiger partial charge on any atom is -0.0163 e. The monoisotopic (exact) mass is 278 g/mol. The molecule has 1 aromatic rings. The SMILES string of the molecule is C=CC/C=C(C=C)/C(C=C)=C/C(=C)c1ccccc1.CC. The first-order valence-corrected chi connectivity index (χ1v) is 7.25. The highest BCUT2D eigenvalue weighted by Crippen LogP contribution is 2.20. The van der Waals surface area contributed by atoms with Crippen molar-refractivity contribution in [3.63, 3.8) is 0 Å². The Kier molecular flexibility index (Phi) is 10.2. The minimum absolute atomic E-state index is 0.810. The van der Waals surface area contributed by atoms with Crippen LogP contribution in [0.4, 0.5) is 0 Å². The second-order valence-electron chi connectivity index (χ2n) is 4.08. The molecule has 0 saturated carbocycles. The van der Waals surface area contributed by atoms with E-state index in [1.54, 1.807) is 0 Å². The maximum atomic E-state index is 4.10. The van der Waals surface area contributed by atoms with Crippen molar-refractivity contribution >= 4 is 5.57 Å². The summed E-state index contributed by atoms with van der Waals surface area (Å²) in [6.07, 6.45) is 10.4. The highest BCUT2D eigenvalue weighted by molar-refractivity contribution is 5.75. The largest absolute Gasteiger partial charge is 0.103 e. The van der Waals surface area contributed by atoms with E-state index in [2.05, 4.69) is 32.4 Å². The van der Waals surface area contributed by atoms with E-state index < -0.39 is 0 Å². The molecule has 0 aliphatic carbocycles. The van der Waals surface area contributed by atoms with Crippen LogP contribution in [0.25, 0.3) is 5.57 Å². The molecule has 1 aromatic carbocycles. The Morgan fingerprint density at radius 1 is 0.952 bits per heavy atom. The minimum atomic E-state index is 0.810. The molecule has 0 amide bonds. The van der Waals surface area contributed by atoms with Crippen molar-refractivity contribution in [2.75, 3.05) is 0 Å². The Morgan fingerprint density at radius 3 is 2.00 bits per heavy atom. The molecular weight excluding hydrogens is 252 g/mol. The second-order valence-corrected chi connectivity index (χ2v) is 4.08. The standard InChI is InChI=1S/C19H20.C2H6/c1-5-8-12-17(6-2)18(7-3)15-16(4)19-13-10-9-11-14-19;1-2/h5-7,9-15H,1-4,8H2;1-2H3/b17-12+,18-15+;. The molecule has 0 radical (unpaired) electrons. The predicted molar refractivity (Wildman–Crippen MR) is 98.2 cm³/mol. The van der Waals surface area contributed by atoms with Gasteiger partial charge in [0.05, 0.1) is 0 Å². The Hall–Kier alpha value is -2.34. The fourth-order valence-electron chi connectivity index (χ4n) is 1.71. The predicted octanol–water partition coefficient (Wildman–Crippen LogP) is 6.53. The Balaban J connectivity index is 0.00000191. The highest BCUT2D eigenvalue weighted by Gasteiger charge is 2.00. The van der Waals surface area contributed by atoms with Crippen LogP contribution in [0.15, 0.2) is 98.2 Å². The molecule has 0 atom stereocenters. The van der Waals surface area contributed by atoms with Crippen LogP contribution in [-0.2, 0) is 0 Å². The molecule has 21 heavy (non-hydrogen) atoms. The molecule has 0 spiro atoms. The van der Waals surface area contributed by atoms with Crippen molar-refractivity contribution in [1.29, 1.82) is 0 Å². The molecule has 0 aliphatic heterocycles. The molecular formula is C21H26. The number of rotatable bonds is 7. The number of benzene rings is 1. The van der Waals surface area contributed by atoms with Crippen LogP contribution in [0.1, 0.15) is 25.8 Å². The summed E-state index contributed by atoms with van der Waals surface area (Å²) >= 11 is 0. The van der Waals surface area contributed by atoms with Crippen LogP contribution in [0.3, 0.4) is 0 Å². The Labute approximate surface area is 130 Å². The lowest BCUT2D eigenvalue weighted by Gasteiger charge is -2.06. The molecule has 1 rings (SSSR count). The van der Waals surface area contributed by atoms with Gasteiger partial charge in [0.2, 0.25) is 0 Å². The Morgan fingerprint density at radius 2 is 1.52 bits per heavy atom. The van der Waals surface area contributed by atoms with Gasteiger partial charge in [-0.05, 0) is 34.8 Å². The first kappa shape index (κ1) is 18.7. The van der Waals surface area contributed by atoms with Crippen LogP contribution >= 0.6 is 0 Å². The average Bonchev–Trinajstić information content (AvgIpc) is 2.56. The van der Waals surface area contributed by atoms with Crippen molar-refractivity contribution < 1.29 is 0 Å². The first-order valence-electron chi connectivity index (χ1n) is 7.25. The first-order chi connectivity index (χ1) is 10.2. The van der Waals surface area contributed by atoms with Gasteiger partial charge in [0.1, 0.15) is 0 Å². The topological polar surface area (TPSA) is 0 Å². The third-order valence-corrected chi connectivity index (χ3v) is 2.75. The molecule has 0 aliphatic rings. The average molecular weight is 278 g/mol. The third kappa shape index (κ3) is 6.58. The van der Waals surface area contributed by atoms with Gasteiger partial charge in [0.15, 0.2) is 0 Å². The van der Waals surface area contributed by atoms with E-state index in [1.165, 1.54) is 0 Å². The van der Waals surface area contributed by atoms with Crippen LogP contribution in [0.5, 0.6) is 0 Å². The van der Waals surface area contributed by atoms with Gasteiger partial charge in [-0.3, -0.25) is 0 Å². The summed E-state index contributed by atoms with van der Waals surface area (Å²) in [6, 6.07) is 10.1. The lowest BCUT2D eigenvalue weighted by Crippen LogP contribution is -1.86. The van der Waals surface area contributed by atoms with Gasteiger partial charge in [-0.1, -0.05) is 88.2 Å². The van der Waals surface area contributed by atoms with Crippen LogP contribution in [0.2, 0.25) is 0 Å². The van der Waals surface area contributed by atoms with Crippen LogP contribution in [0, 0.1) is 0 Å². The van der Waals surface area contributed by atoms with Gasteiger partial charge in [-0.15, -0.1) is 6.58 Å². The third-order valence-electron chi connectivity index (χ3n) is 2.75. The second kappa shape index (κ2) is 11.5. The van der Waals surface area contributed by atoms with Crippen molar-refractivity contribution in [3.8, 4) is 0 Å². The van der Waals surface area contributed by atoms with Crippen molar-refractivity contribution in [3.05, 3.63) is 104 Å². The molecule has 0 saturated heterocycles. The van der Waals surface area contributed by atoms with Gasteiger partial charge in [0, 0.05) is 0 Å². The van der Waals surface area contributed by atoms with Gasteiger partial charge < -0.3 is 0 Å². The fourth-order valence-corrected chi connectivity index (χ4v) is 1.71. The zero-order chi connectivity index (χ0) is 16.1. The van der Waals surface area contributed by atoms with Crippen molar-refractivity contribution in [2.45, 2.75) is 20.3 Å². The summed E-state index contributed by atoms with van der Waals surface area (Å²) < 4.78 is 0. The zero-order valence-electron chi connectivity index (χ0n) is 13.3. The number of hydrogen-bond donors (Lipinski definition) is 0. The molecule has 0 bridgehead atoms. The molecule has 110 valence electrons. The van der Waals surface area contributed by atoms with E-state index in [-0.39, 0.29) is 0 Å². The number of hydrogen-bond acceptors (Lipinski definition) is 0. The van der Waals surface area contributed by atoms with Crippen LogP contribution in [-0.4, -0.2) is 0 Å². The summed E-state index contributed by atoms with van der Waals surface area (Å²) in [4.78, 5) is 0. The maximum absolute atomic E-state index is 4.10. The summed E-state index contributed by atoms with van der Waals surface area (Å²) in [7, 11) is 0. The highest BCUT2D eigenvalue weighted by atomic mass is 14.0. The van der Waals surface area contributed by atoms with E-state index in [1.807, 2.05) is 68.5 Å². The summed E-state index contributed by atoms with van der Waals surface area (Å²) in [5.74, 6) is 0. The molecule has 0 nitrogen and oxygen atoms in total. The molecule has 0 heteroatoms. The summed E-state index contributed by atoms with van der Waals surface area (Å²) in [5.41, 5.74) is 4.13. The van der Waals surface area contributed by atoms with Gasteiger partial charge in [-0.25, -0.2) is 0 Å². The lowest BCUT2D eigenvalue weighted by atomic mass is 9.99. The molecule has 0 N–H and O–H groups in total.